The number of amides is 2. The van der Waals surface area contributed by atoms with Crippen molar-refractivity contribution in [3.8, 4) is 0 Å². The summed E-state index contributed by atoms with van der Waals surface area (Å²) in [5.74, 6) is 3.79. The second-order valence-corrected chi connectivity index (χ2v) is 14.2. The first-order valence-electron chi connectivity index (χ1n) is 15.9. The molecule has 0 spiro atoms. The van der Waals surface area contributed by atoms with E-state index >= 15 is 0 Å². The maximum absolute atomic E-state index is 13.2. The lowest BCUT2D eigenvalue weighted by Crippen LogP contribution is -2.51. The van der Waals surface area contributed by atoms with Gasteiger partial charge in [0, 0.05) is 32.6 Å². The second kappa shape index (κ2) is 10.8. The number of nitrogens with zero attached hydrogens (tertiary/aromatic N) is 4. The van der Waals surface area contributed by atoms with E-state index < -0.39 is 0 Å². The summed E-state index contributed by atoms with van der Waals surface area (Å²) in [6.07, 6.45) is 16.5. The van der Waals surface area contributed by atoms with Crippen molar-refractivity contribution in [2.24, 2.45) is 40.4 Å². The van der Waals surface area contributed by atoms with E-state index in [4.69, 9.17) is 0 Å². The molecule has 4 fully saturated rings. The fourth-order valence-electron chi connectivity index (χ4n) is 10.1. The van der Waals surface area contributed by atoms with Gasteiger partial charge >= 0.3 is 0 Å². The van der Waals surface area contributed by atoms with Gasteiger partial charge in [-0.1, -0.05) is 32.4 Å². The number of piperazine rings is 1. The van der Waals surface area contributed by atoms with Crippen LogP contribution in [-0.4, -0.2) is 69.2 Å². The predicted molar refractivity (Wildman–Crippen MR) is 154 cm³/mol. The van der Waals surface area contributed by atoms with Crippen molar-refractivity contribution in [1.29, 1.82) is 0 Å². The van der Waals surface area contributed by atoms with Crippen molar-refractivity contribution in [1.82, 2.24) is 20.0 Å². The summed E-state index contributed by atoms with van der Waals surface area (Å²) in [6, 6.07) is 1.69. The van der Waals surface area contributed by atoms with Gasteiger partial charge in [0.1, 0.15) is 0 Å². The van der Waals surface area contributed by atoms with Crippen LogP contribution in [0.4, 0.5) is 0 Å². The number of aliphatic hydroxyl groups excluding tert-OH is 1. The Kier molecular flexibility index (Phi) is 7.56. The van der Waals surface area contributed by atoms with Crippen LogP contribution in [0.25, 0.3) is 0 Å². The molecule has 4 aliphatic carbocycles. The summed E-state index contributed by atoms with van der Waals surface area (Å²) in [5.41, 5.74) is 2.78. The van der Waals surface area contributed by atoms with Crippen LogP contribution in [0.3, 0.4) is 0 Å². The smallest absolute Gasteiger partial charge is 0.255 e. The zero-order valence-electron chi connectivity index (χ0n) is 24.7. The van der Waals surface area contributed by atoms with Gasteiger partial charge in [-0.25, -0.2) is 0 Å². The summed E-state index contributed by atoms with van der Waals surface area (Å²) in [6.45, 7) is 9.86. The summed E-state index contributed by atoms with van der Waals surface area (Å²) < 4.78 is 0. The maximum atomic E-state index is 13.2. The van der Waals surface area contributed by atoms with Crippen molar-refractivity contribution in [3.05, 3.63) is 35.7 Å². The summed E-state index contributed by atoms with van der Waals surface area (Å²) in [4.78, 5) is 29.7. The largest absolute Gasteiger partial charge is 0.393 e. The molecule has 2 amide bonds. The van der Waals surface area contributed by atoms with E-state index in [0.29, 0.717) is 60.8 Å². The standard InChI is InChI=1S/C33H48N4O3/c1-22(4-9-30(39)36-16-18-37(19-17-36)31(40)23-12-15-34-35-21-23)27-7-8-28-26-6-5-24-20-25(38)10-13-32(24,2)29(26)11-14-33(27,28)3/h5,12,15,21-22,25-29,38H,4,6-11,13-14,16-20H2,1-3H3/t22-,25+,26+,27-,28+,29+,32+,33-/m1/s1. The molecule has 7 nitrogen and oxygen atoms in total. The van der Waals surface area contributed by atoms with Gasteiger partial charge in [-0.15, -0.1) is 0 Å². The monoisotopic (exact) mass is 548 g/mol. The third kappa shape index (κ3) is 4.80. The van der Waals surface area contributed by atoms with Crippen LogP contribution >= 0.6 is 0 Å². The minimum absolute atomic E-state index is 0.0332. The van der Waals surface area contributed by atoms with Gasteiger partial charge in [-0.2, -0.15) is 10.2 Å². The van der Waals surface area contributed by atoms with Crippen molar-refractivity contribution < 1.29 is 14.7 Å². The van der Waals surface area contributed by atoms with E-state index in [2.05, 4.69) is 37.0 Å². The zero-order chi connectivity index (χ0) is 28.1. The van der Waals surface area contributed by atoms with Crippen molar-refractivity contribution in [2.45, 2.75) is 91.1 Å². The SMILES string of the molecule is C[C@H](CCC(=O)N1CCN(C(=O)c2ccnnc2)CC1)[C@H]1CC[C@H]2[C@@H]3CC=C4C[C@@H](O)CC[C@]4(C)[C@H]3CC[C@]12C. The summed E-state index contributed by atoms with van der Waals surface area (Å²) in [7, 11) is 0. The Morgan fingerprint density at radius 2 is 1.80 bits per heavy atom. The number of hydrogen-bond acceptors (Lipinski definition) is 5. The van der Waals surface area contributed by atoms with Gasteiger partial charge < -0.3 is 14.9 Å². The highest BCUT2D eigenvalue weighted by Gasteiger charge is 2.59. The van der Waals surface area contributed by atoms with Crippen LogP contribution < -0.4 is 0 Å². The fraction of sp³-hybridized carbons (Fsp3) is 0.758. The molecule has 1 aliphatic heterocycles. The fourth-order valence-corrected chi connectivity index (χ4v) is 10.1. The molecular formula is C33H48N4O3. The molecule has 0 bridgehead atoms. The van der Waals surface area contributed by atoms with E-state index in [1.165, 1.54) is 44.5 Å². The Bertz CT molecular complexity index is 1130. The van der Waals surface area contributed by atoms with Gasteiger partial charge in [0.25, 0.3) is 5.91 Å². The molecule has 1 saturated heterocycles. The molecule has 0 unspecified atom stereocenters. The topological polar surface area (TPSA) is 86.6 Å². The predicted octanol–water partition coefficient (Wildman–Crippen LogP) is 5.12. The third-order valence-corrected chi connectivity index (χ3v) is 12.4. The number of hydrogen-bond donors (Lipinski definition) is 1. The van der Waals surface area contributed by atoms with Gasteiger partial charge in [0.15, 0.2) is 0 Å². The second-order valence-electron chi connectivity index (χ2n) is 14.2. The molecule has 0 aromatic carbocycles. The minimum Gasteiger partial charge on any atom is -0.393 e. The first kappa shape index (κ1) is 27.9. The lowest BCUT2D eigenvalue weighted by atomic mass is 9.47. The highest BCUT2D eigenvalue weighted by atomic mass is 16.3. The first-order chi connectivity index (χ1) is 19.2. The lowest BCUT2D eigenvalue weighted by molar-refractivity contribution is -0.133. The van der Waals surface area contributed by atoms with Crippen LogP contribution in [0, 0.1) is 40.4 Å². The Morgan fingerprint density at radius 1 is 1.02 bits per heavy atom. The minimum atomic E-state index is -0.139. The third-order valence-electron chi connectivity index (χ3n) is 12.4. The molecule has 0 radical (unpaired) electrons. The Labute approximate surface area is 239 Å². The number of fused-ring (bicyclic) bond motifs is 5. The maximum Gasteiger partial charge on any atom is 0.255 e. The number of aliphatic hydroxyl groups is 1. The Balaban J connectivity index is 1.02. The van der Waals surface area contributed by atoms with Gasteiger partial charge in [0.2, 0.25) is 5.91 Å². The quantitative estimate of drug-likeness (QED) is 0.517. The van der Waals surface area contributed by atoms with Crippen molar-refractivity contribution >= 4 is 11.8 Å². The first-order valence-corrected chi connectivity index (χ1v) is 15.9. The van der Waals surface area contributed by atoms with E-state index in [1.807, 2.05) is 9.80 Å². The molecule has 1 N–H and O–H groups in total. The van der Waals surface area contributed by atoms with Gasteiger partial charge in [-0.3, -0.25) is 9.59 Å². The van der Waals surface area contributed by atoms with Gasteiger partial charge in [0.05, 0.1) is 24.1 Å². The van der Waals surface area contributed by atoms with E-state index in [1.54, 1.807) is 11.6 Å². The van der Waals surface area contributed by atoms with Crippen LogP contribution in [0.2, 0.25) is 0 Å². The van der Waals surface area contributed by atoms with Crippen molar-refractivity contribution in [2.75, 3.05) is 26.2 Å². The number of aromatic nitrogens is 2. The van der Waals surface area contributed by atoms with E-state index in [0.717, 1.165) is 43.4 Å². The van der Waals surface area contributed by atoms with Crippen LogP contribution in [0.1, 0.15) is 95.3 Å². The number of carbonyl (C=O) groups is 2. The average Bonchev–Trinajstić information content (AvgIpc) is 3.33. The molecule has 1 aromatic rings. The molecule has 1 aromatic heterocycles. The molecule has 8 atom stereocenters. The molecule has 7 heteroatoms. The highest BCUT2D eigenvalue weighted by Crippen LogP contribution is 2.67. The molecular weight excluding hydrogens is 500 g/mol. The molecule has 2 heterocycles. The normalized spacial score (nSPS) is 38.1. The van der Waals surface area contributed by atoms with Crippen LogP contribution in [0.15, 0.2) is 30.1 Å². The molecule has 3 saturated carbocycles. The highest BCUT2D eigenvalue weighted by molar-refractivity contribution is 5.94. The van der Waals surface area contributed by atoms with E-state index in [9.17, 15) is 14.7 Å². The lowest BCUT2D eigenvalue weighted by Gasteiger charge is -2.58. The van der Waals surface area contributed by atoms with Crippen LogP contribution in [-0.2, 0) is 4.79 Å². The molecule has 5 aliphatic rings. The zero-order valence-corrected chi connectivity index (χ0v) is 24.7. The summed E-state index contributed by atoms with van der Waals surface area (Å²) >= 11 is 0. The summed E-state index contributed by atoms with van der Waals surface area (Å²) in [5, 5.41) is 17.9. The van der Waals surface area contributed by atoms with E-state index in [-0.39, 0.29) is 17.9 Å². The molecule has 6 rings (SSSR count). The average molecular weight is 549 g/mol. The number of rotatable bonds is 5. The Hall–Kier alpha value is -2.28. The Morgan fingerprint density at radius 3 is 2.55 bits per heavy atom. The van der Waals surface area contributed by atoms with Crippen LogP contribution in [0.5, 0.6) is 0 Å². The number of allylic oxidation sites excluding steroid dienone is 1. The van der Waals surface area contributed by atoms with Crippen molar-refractivity contribution in [3.63, 3.8) is 0 Å². The number of carbonyl (C=O) groups excluding carboxylic acids is 2. The molecule has 218 valence electrons. The molecule has 40 heavy (non-hydrogen) atoms. The van der Waals surface area contributed by atoms with Gasteiger partial charge in [-0.05, 0) is 104 Å².